The molecule has 0 aromatic carbocycles. The monoisotopic (exact) mass is 371 g/mol. The van der Waals surface area contributed by atoms with Crippen LogP contribution in [0.15, 0.2) is 16.2 Å². The van der Waals surface area contributed by atoms with Crippen molar-refractivity contribution >= 4 is 17.1 Å². The zero-order valence-corrected chi connectivity index (χ0v) is 13.5. The van der Waals surface area contributed by atoms with Crippen molar-refractivity contribution in [1.82, 2.24) is 24.4 Å². The quantitative estimate of drug-likeness (QED) is 0.321. The number of aromatic amines is 1. The van der Waals surface area contributed by atoms with Gasteiger partial charge in [0.1, 0.15) is 22.4 Å². The van der Waals surface area contributed by atoms with Crippen molar-refractivity contribution < 1.29 is 20.7 Å². The molecule has 0 spiro atoms. The first-order valence-corrected chi connectivity index (χ1v) is 7.61. The van der Waals surface area contributed by atoms with E-state index in [0.717, 1.165) is 10.9 Å². The topological polar surface area (TPSA) is 176 Å². The molecule has 2 aromatic rings. The smallest absolute Gasteiger partial charge is 0.280 e. The van der Waals surface area contributed by atoms with Crippen LogP contribution in [0, 0.1) is 5.53 Å². The number of nitrogens with one attached hydrogen (secondary N) is 3. The third-order valence-corrected chi connectivity index (χ3v) is 4.14. The predicted octanol–water partition coefficient (Wildman–Crippen LogP) is -0.939. The predicted molar refractivity (Wildman–Crippen MR) is 85.3 cm³/mol. The average molecular weight is 371 g/mol. The summed E-state index contributed by atoms with van der Waals surface area (Å²) in [5, 5.41) is 26.0. The molecule has 3 rings (SSSR count). The van der Waals surface area contributed by atoms with E-state index >= 15 is 0 Å². The Hall–Kier alpha value is -2.73. The van der Waals surface area contributed by atoms with Gasteiger partial charge in [0.25, 0.3) is 5.56 Å². The molecule has 0 amide bonds. The van der Waals surface area contributed by atoms with E-state index in [2.05, 4.69) is 30.3 Å². The summed E-state index contributed by atoms with van der Waals surface area (Å²) in [5.41, 5.74) is 4.28. The first kappa shape index (κ1) is 16.7. The molecule has 0 radical (unpaired) electrons. The Bertz CT molecular complexity index is 931. The molecular formula is C13H18FN8O4+. The van der Waals surface area contributed by atoms with Crippen LogP contribution in [0.25, 0.3) is 11.2 Å². The fraction of sp³-hybridized carbons (Fsp3) is 0.615. The SMILES string of the molecule is [3H]CCNc1nc2c(ncn2[C@@H]2O[C@@](CO)(CN=[N+]=N)[C@@H](O)[C@H]2F)c(=O)[nH]1. The third kappa shape index (κ3) is 2.76. The Labute approximate surface area is 146 Å². The number of aromatic nitrogens is 4. The molecule has 2 aromatic heterocycles. The van der Waals surface area contributed by atoms with Crippen molar-refractivity contribution in [2.24, 2.45) is 5.11 Å². The minimum Gasteiger partial charge on any atom is -0.393 e. The Morgan fingerprint density at radius 3 is 3.23 bits per heavy atom. The van der Waals surface area contributed by atoms with Crippen molar-refractivity contribution in [1.29, 1.82) is 5.53 Å². The Balaban J connectivity index is 2.03. The Kier molecular flexibility index (Phi) is 4.42. The molecule has 1 saturated heterocycles. The lowest BCUT2D eigenvalue weighted by Crippen LogP contribution is -2.48. The van der Waals surface area contributed by atoms with Gasteiger partial charge in [0.2, 0.25) is 10.9 Å². The summed E-state index contributed by atoms with van der Waals surface area (Å²) < 4.78 is 28.6. The molecule has 1 aliphatic rings. The maximum Gasteiger partial charge on any atom is 0.280 e. The van der Waals surface area contributed by atoms with Crippen LogP contribution in [-0.2, 0) is 4.74 Å². The third-order valence-electron chi connectivity index (χ3n) is 4.14. The van der Waals surface area contributed by atoms with Crippen LogP contribution in [0.2, 0.25) is 0 Å². The number of rotatable bonds is 6. The van der Waals surface area contributed by atoms with E-state index in [9.17, 15) is 19.4 Å². The second-order valence-electron chi connectivity index (χ2n) is 5.69. The van der Waals surface area contributed by atoms with Crippen LogP contribution >= 0.6 is 0 Å². The van der Waals surface area contributed by atoms with E-state index in [4.69, 9.17) is 11.6 Å². The lowest BCUT2D eigenvalue weighted by molar-refractivity contribution is -0.121. The lowest BCUT2D eigenvalue weighted by Gasteiger charge is -2.25. The number of aliphatic hydroxyl groups is 2. The molecule has 13 heteroatoms. The van der Waals surface area contributed by atoms with Gasteiger partial charge in [-0.1, -0.05) is 0 Å². The van der Waals surface area contributed by atoms with E-state index in [1.807, 2.05) is 0 Å². The number of hydrogen-bond acceptors (Lipinski definition) is 9. The highest BCUT2D eigenvalue weighted by molar-refractivity contribution is 5.71. The number of halogens is 1. The molecule has 5 N–H and O–H groups in total. The summed E-state index contributed by atoms with van der Waals surface area (Å²) in [6.07, 6.45) is -4.03. The van der Waals surface area contributed by atoms with Crippen molar-refractivity contribution in [2.75, 3.05) is 25.0 Å². The van der Waals surface area contributed by atoms with E-state index in [0.29, 0.717) is 0 Å². The van der Waals surface area contributed by atoms with Gasteiger partial charge in [0.15, 0.2) is 30.1 Å². The molecule has 4 atom stereocenters. The number of hydrogen-bond donors (Lipinski definition) is 5. The summed E-state index contributed by atoms with van der Waals surface area (Å²) in [6.45, 7) is -0.906. The van der Waals surface area contributed by atoms with E-state index in [1.54, 1.807) is 0 Å². The van der Waals surface area contributed by atoms with Crippen LogP contribution in [0.5, 0.6) is 0 Å². The first-order chi connectivity index (χ1) is 13.0. The van der Waals surface area contributed by atoms with Gasteiger partial charge < -0.3 is 20.3 Å². The average Bonchev–Trinajstić information content (AvgIpc) is 3.19. The number of aliphatic hydroxyl groups excluding tert-OH is 2. The molecular weight excluding hydrogens is 351 g/mol. The van der Waals surface area contributed by atoms with E-state index in [1.165, 1.54) is 0 Å². The fourth-order valence-electron chi connectivity index (χ4n) is 2.81. The standard InChI is InChI=1S/C13H17FN8O4/c1-2-16-12-19-9-7(10(25)20-12)17-5-22(9)11-6(14)8(24)13(4-23,26-11)3-18-21-15/h5-6,8,11,15,23-24H,2-4H2,1H3,(H-,16,19,20,25)/p+1/t6-,8+,11-,13-/m1/s1/i1T. The summed E-state index contributed by atoms with van der Waals surface area (Å²) in [6, 6.07) is 0. The van der Waals surface area contributed by atoms with Crippen molar-refractivity contribution in [3.05, 3.63) is 16.7 Å². The van der Waals surface area contributed by atoms with Gasteiger partial charge in [-0.05, 0) is 6.90 Å². The number of fused-ring (bicyclic) bond motifs is 1. The number of imidazole rings is 1. The molecule has 26 heavy (non-hydrogen) atoms. The Morgan fingerprint density at radius 1 is 1.73 bits per heavy atom. The molecule has 140 valence electrons. The zero-order valence-electron chi connectivity index (χ0n) is 14.5. The normalized spacial score (nSPS) is 28.7. The zero-order chi connectivity index (χ0) is 19.6. The molecule has 1 fully saturated rings. The van der Waals surface area contributed by atoms with Gasteiger partial charge in [-0.3, -0.25) is 14.3 Å². The highest BCUT2D eigenvalue weighted by atomic mass is 19.1. The van der Waals surface area contributed by atoms with Crippen molar-refractivity contribution in [3.63, 3.8) is 0 Å². The minimum atomic E-state index is -1.98. The number of alkyl halides is 1. The molecule has 0 bridgehead atoms. The highest BCUT2D eigenvalue weighted by Crippen LogP contribution is 2.40. The largest absolute Gasteiger partial charge is 0.393 e. The van der Waals surface area contributed by atoms with Gasteiger partial charge in [-0.2, -0.15) is 4.98 Å². The van der Waals surface area contributed by atoms with Gasteiger partial charge in [-0.15, -0.1) is 0 Å². The van der Waals surface area contributed by atoms with Crippen molar-refractivity contribution in [3.8, 4) is 0 Å². The van der Waals surface area contributed by atoms with Gasteiger partial charge in [-0.25, -0.2) is 9.37 Å². The first-order valence-electron chi connectivity index (χ1n) is 8.32. The molecule has 0 aliphatic carbocycles. The molecule has 3 heterocycles. The van der Waals surface area contributed by atoms with Gasteiger partial charge in [0, 0.05) is 7.92 Å². The second kappa shape index (κ2) is 6.88. The van der Waals surface area contributed by atoms with Gasteiger partial charge in [0.05, 0.1) is 12.9 Å². The molecule has 1 aliphatic heterocycles. The maximum absolute atomic E-state index is 14.8. The fourth-order valence-corrected chi connectivity index (χ4v) is 2.81. The van der Waals surface area contributed by atoms with Crippen molar-refractivity contribution in [2.45, 2.75) is 31.0 Å². The highest BCUT2D eigenvalue weighted by Gasteiger charge is 2.57. The number of H-pyrrole nitrogens is 1. The van der Waals surface area contributed by atoms with E-state index < -0.39 is 42.8 Å². The summed E-state index contributed by atoms with van der Waals surface area (Å²) in [4.78, 5) is 25.4. The van der Waals surface area contributed by atoms with Gasteiger partial charge >= 0.3 is 0 Å². The maximum atomic E-state index is 14.8. The second-order valence-corrected chi connectivity index (χ2v) is 5.69. The van der Waals surface area contributed by atoms with Crippen LogP contribution in [0.1, 0.15) is 14.5 Å². The molecule has 12 nitrogen and oxygen atoms in total. The van der Waals surface area contributed by atoms with E-state index in [-0.39, 0.29) is 30.6 Å². The summed E-state index contributed by atoms with van der Waals surface area (Å²) in [5.74, 6) is 0.0758. The molecule has 0 unspecified atom stereocenters. The number of anilines is 1. The van der Waals surface area contributed by atoms with Crippen LogP contribution < -0.4 is 15.8 Å². The van der Waals surface area contributed by atoms with Crippen LogP contribution in [0.3, 0.4) is 0 Å². The Morgan fingerprint density at radius 2 is 2.54 bits per heavy atom. The van der Waals surface area contributed by atoms with Crippen LogP contribution in [0.4, 0.5) is 10.3 Å². The number of nitrogens with zero attached hydrogens (tertiary/aromatic N) is 5. The molecule has 0 saturated carbocycles. The lowest BCUT2D eigenvalue weighted by atomic mass is 9.97. The number of ether oxygens (including phenoxy) is 1. The summed E-state index contributed by atoms with van der Waals surface area (Å²) in [7, 11) is 0. The van der Waals surface area contributed by atoms with Crippen LogP contribution in [-0.4, -0.2) is 67.3 Å². The minimum absolute atomic E-state index is 0.00179. The summed E-state index contributed by atoms with van der Waals surface area (Å²) >= 11 is 0.